The highest BCUT2D eigenvalue weighted by Crippen LogP contribution is 2.25. The minimum absolute atomic E-state index is 0. The van der Waals surface area contributed by atoms with Crippen LogP contribution in [0.3, 0.4) is 0 Å². The van der Waals surface area contributed by atoms with Crippen LogP contribution in [0.15, 0.2) is 54.6 Å². The van der Waals surface area contributed by atoms with Gasteiger partial charge in [0.05, 0.1) is 0 Å². The molecule has 26 heavy (non-hydrogen) atoms. The van der Waals surface area contributed by atoms with Crippen LogP contribution in [-0.4, -0.2) is 25.7 Å². The molecule has 0 spiro atoms. The van der Waals surface area contributed by atoms with Crippen LogP contribution < -0.4 is 10.6 Å². The van der Waals surface area contributed by atoms with Gasteiger partial charge < -0.3 is 15.4 Å². The van der Waals surface area contributed by atoms with Gasteiger partial charge in [0, 0.05) is 6.54 Å². The first kappa shape index (κ1) is 20.3. The number of ether oxygens (including phenoxy) is 1. The van der Waals surface area contributed by atoms with Crippen LogP contribution in [0.2, 0.25) is 0 Å². The number of piperidine rings is 1. The van der Waals surface area contributed by atoms with E-state index < -0.39 is 0 Å². The van der Waals surface area contributed by atoms with E-state index in [4.69, 9.17) is 4.74 Å². The Bertz CT molecular complexity index is 655. The molecule has 1 aliphatic heterocycles. The van der Waals surface area contributed by atoms with E-state index >= 15 is 0 Å². The molecule has 3 rings (SSSR count). The first-order valence-electron chi connectivity index (χ1n) is 9.05. The van der Waals surface area contributed by atoms with Crippen molar-refractivity contribution in [3.05, 3.63) is 71.3 Å². The molecular formula is C21H27ClN2O2. The Morgan fingerprint density at radius 2 is 1.69 bits per heavy atom. The monoisotopic (exact) mass is 374 g/mol. The Labute approximate surface area is 161 Å². The summed E-state index contributed by atoms with van der Waals surface area (Å²) in [6.07, 6.45) is 2.88. The van der Waals surface area contributed by atoms with Crippen LogP contribution in [0.4, 0.5) is 4.79 Å². The number of carbonyl (C=O) groups excluding carboxylic acids is 1. The molecule has 1 amide bonds. The second kappa shape index (κ2) is 10.8. The van der Waals surface area contributed by atoms with Crippen LogP contribution in [0.1, 0.15) is 35.4 Å². The first-order chi connectivity index (χ1) is 12.3. The Hall–Kier alpha value is -2.04. The van der Waals surface area contributed by atoms with E-state index in [1.807, 2.05) is 30.3 Å². The molecule has 1 aliphatic rings. The van der Waals surface area contributed by atoms with Gasteiger partial charge in [0.1, 0.15) is 6.61 Å². The fraction of sp³-hybridized carbons (Fsp3) is 0.381. The third kappa shape index (κ3) is 6.36. The molecule has 2 aromatic rings. The number of rotatable bonds is 6. The van der Waals surface area contributed by atoms with Gasteiger partial charge in [0.25, 0.3) is 0 Å². The van der Waals surface area contributed by atoms with Gasteiger partial charge in [0.15, 0.2) is 0 Å². The van der Waals surface area contributed by atoms with Crippen molar-refractivity contribution >= 4 is 18.5 Å². The molecule has 1 saturated heterocycles. The van der Waals surface area contributed by atoms with Gasteiger partial charge in [-0.25, -0.2) is 4.79 Å². The SMILES string of the molecule is Cl.O=C(NCCc1ccc(C2CCNCC2)cc1)OCc1ccccc1. The van der Waals surface area contributed by atoms with Crippen molar-refractivity contribution in [1.29, 1.82) is 0 Å². The number of nitrogens with one attached hydrogen (secondary N) is 2. The predicted octanol–water partition coefficient (Wildman–Crippen LogP) is 4.04. The quantitative estimate of drug-likeness (QED) is 0.802. The number of alkyl carbamates (subject to hydrolysis) is 1. The average molecular weight is 375 g/mol. The summed E-state index contributed by atoms with van der Waals surface area (Å²) in [6.45, 7) is 3.11. The normalized spacial score (nSPS) is 14.3. The van der Waals surface area contributed by atoms with Crippen LogP contribution >= 0.6 is 12.4 Å². The number of benzene rings is 2. The van der Waals surface area contributed by atoms with Crippen LogP contribution in [-0.2, 0) is 17.8 Å². The molecule has 0 aromatic heterocycles. The molecule has 2 N–H and O–H groups in total. The maximum Gasteiger partial charge on any atom is 0.407 e. The van der Waals surface area contributed by atoms with E-state index in [-0.39, 0.29) is 18.5 Å². The van der Waals surface area contributed by atoms with Gasteiger partial charge in [-0.05, 0) is 55.0 Å². The van der Waals surface area contributed by atoms with Crippen LogP contribution in [0.5, 0.6) is 0 Å². The third-order valence-corrected chi connectivity index (χ3v) is 4.69. The molecule has 0 bridgehead atoms. The van der Waals surface area contributed by atoms with Crippen LogP contribution in [0.25, 0.3) is 0 Å². The Morgan fingerprint density at radius 3 is 2.38 bits per heavy atom. The summed E-state index contributed by atoms with van der Waals surface area (Å²) < 4.78 is 5.21. The lowest BCUT2D eigenvalue weighted by molar-refractivity contribution is 0.140. The third-order valence-electron chi connectivity index (χ3n) is 4.69. The number of hydrogen-bond acceptors (Lipinski definition) is 3. The molecule has 1 fully saturated rings. The van der Waals surface area contributed by atoms with Crippen molar-refractivity contribution in [2.24, 2.45) is 0 Å². The van der Waals surface area contributed by atoms with Gasteiger partial charge in [-0.1, -0.05) is 54.6 Å². The minimum Gasteiger partial charge on any atom is -0.445 e. The van der Waals surface area contributed by atoms with Crippen molar-refractivity contribution in [3.8, 4) is 0 Å². The van der Waals surface area contributed by atoms with Crippen molar-refractivity contribution in [2.45, 2.75) is 31.8 Å². The van der Waals surface area contributed by atoms with Gasteiger partial charge >= 0.3 is 6.09 Å². The van der Waals surface area contributed by atoms with E-state index in [0.29, 0.717) is 19.1 Å². The van der Waals surface area contributed by atoms with Crippen molar-refractivity contribution in [2.75, 3.05) is 19.6 Å². The molecule has 0 saturated carbocycles. The lowest BCUT2D eigenvalue weighted by atomic mass is 9.89. The Kier molecular flexibility index (Phi) is 8.45. The summed E-state index contributed by atoms with van der Waals surface area (Å²) in [5, 5.41) is 6.21. The number of hydrogen-bond donors (Lipinski definition) is 2. The number of amides is 1. The summed E-state index contributed by atoms with van der Waals surface area (Å²) in [4.78, 5) is 11.7. The fourth-order valence-electron chi connectivity index (χ4n) is 3.19. The van der Waals surface area contributed by atoms with Gasteiger partial charge in [-0.15, -0.1) is 12.4 Å². The number of halogens is 1. The maximum atomic E-state index is 11.7. The average Bonchev–Trinajstić information content (AvgIpc) is 2.68. The summed E-state index contributed by atoms with van der Waals surface area (Å²) in [5.41, 5.74) is 3.66. The zero-order valence-electron chi connectivity index (χ0n) is 14.9. The molecule has 0 aliphatic carbocycles. The van der Waals surface area contributed by atoms with E-state index in [2.05, 4.69) is 34.9 Å². The molecule has 0 atom stereocenters. The van der Waals surface area contributed by atoms with E-state index in [1.54, 1.807) is 0 Å². The summed E-state index contributed by atoms with van der Waals surface area (Å²) in [6, 6.07) is 18.5. The highest BCUT2D eigenvalue weighted by atomic mass is 35.5. The molecule has 2 aromatic carbocycles. The summed E-state index contributed by atoms with van der Waals surface area (Å²) in [7, 11) is 0. The summed E-state index contributed by atoms with van der Waals surface area (Å²) in [5.74, 6) is 0.682. The zero-order valence-corrected chi connectivity index (χ0v) is 15.8. The van der Waals surface area contributed by atoms with Gasteiger partial charge in [0.2, 0.25) is 0 Å². The molecule has 0 radical (unpaired) electrons. The largest absolute Gasteiger partial charge is 0.445 e. The van der Waals surface area contributed by atoms with Crippen LogP contribution in [0, 0.1) is 0 Å². The highest BCUT2D eigenvalue weighted by molar-refractivity contribution is 5.85. The predicted molar refractivity (Wildman–Crippen MR) is 107 cm³/mol. The zero-order chi connectivity index (χ0) is 17.3. The van der Waals surface area contributed by atoms with Crippen molar-refractivity contribution < 1.29 is 9.53 Å². The number of carbonyl (C=O) groups is 1. The maximum absolute atomic E-state index is 11.7. The lowest BCUT2D eigenvalue weighted by Gasteiger charge is -2.23. The first-order valence-corrected chi connectivity index (χ1v) is 9.05. The smallest absolute Gasteiger partial charge is 0.407 e. The standard InChI is InChI=1S/C21H26N2O2.ClH/c24-21(25-16-18-4-2-1-3-5-18)23-15-10-17-6-8-19(9-7-17)20-11-13-22-14-12-20;/h1-9,20,22H,10-16H2,(H,23,24);1H. The van der Waals surface area contributed by atoms with Crippen molar-refractivity contribution in [3.63, 3.8) is 0 Å². The van der Waals surface area contributed by atoms with Crippen molar-refractivity contribution in [1.82, 2.24) is 10.6 Å². The lowest BCUT2D eigenvalue weighted by Crippen LogP contribution is -2.27. The molecule has 0 unspecified atom stereocenters. The Balaban J connectivity index is 0.00000243. The highest BCUT2D eigenvalue weighted by Gasteiger charge is 2.14. The minimum atomic E-state index is -0.366. The summed E-state index contributed by atoms with van der Waals surface area (Å²) >= 11 is 0. The molecule has 140 valence electrons. The van der Waals surface area contributed by atoms with Gasteiger partial charge in [-0.2, -0.15) is 0 Å². The van der Waals surface area contributed by atoms with E-state index in [0.717, 1.165) is 25.1 Å². The fourth-order valence-corrected chi connectivity index (χ4v) is 3.19. The van der Waals surface area contributed by atoms with E-state index in [9.17, 15) is 4.79 Å². The molecular weight excluding hydrogens is 348 g/mol. The topological polar surface area (TPSA) is 50.4 Å². The Morgan fingerprint density at radius 1 is 1.00 bits per heavy atom. The molecule has 4 nitrogen and oxygen atoms in total. The molecule has 1 heterocycles. The van der Waals surface area contributed by atoms with Gasteiger partial charge in [-0.3, -0.25) is 0 Å². The second-order valence-corrected chi connectivity index (χ2v) is 6.50. The second-order valence-electron chi connectivity index (χ2n) is 6.50. The van der Waals surface area contributed by atoms with E-state index in [1.165, 1.54) is 24.0 Å². The molecule has 5 heteroatoms.